The van der Waals surface area contributed by atoms with Crippen LogP contribution in [0.5, 0.6) is 0 Å². The summed E-state index contributed by atoms with van der Waals surface area (Å²) in [6, 6.07) is 12.5. The van der Waals surface area contributed by atoms with Crippen molar-refractivity contribution in [3.05, 3.63) is 63.7 Å². The maximum Gasteiger partial charge on any atom is 0.292 e. The highest BCUT2D eigenvalue weighted by molar-refractivity contribution is 5.65. The number of nitro groups is 1. The van der Waals surface area contributed by atoms with Gasteiger partial charge in [0, 0.05) is 25.4 Å². The number of nitrogens with two attached hydrogens (primary N) is 1. The first-order valence-corrected chi connectivity index (χ1v) is 6.45. The Kier molecular flexibility index (Phi) is 4.73. The summed E-state index contributed by atoms with van der Waals surface area (Å²) in [6.07, 6.45) is 0. The molecule has 110 valence electrons. The second kappa shape index (κ2) is 6.71. The molecule has 2 aromatic carbocycles. The first-order chi connectivity index (χ1) is 10.1. The van der Waals surface area contributed by atoms with E-state index in [4.69, 9.17) is 10.5 Å². The summed E-state index contributed by atoms with van der Waals surface area (Å²) in [6.45, 7) is 1.14. The van der Waals surface area contributed by atoms with E-state index >= 15 is 0 Å². The number of benzene rings is 2. The highest BCUT2D eigenvalue weighted by atomic mass is 16.6. The minimum Gasteiger partial charge on any atom is -0.393 e. The second-order valence-electron chi connectivity index (χ2n) is 4.59. The number of hydrogen-bond acceptors (Lipinski definition) is 5. The Labute approximate surface area is 122 Å². The fourth-order valence-electron chi connectivity index (χ4n) is 2.05. The number of nitro benzene ring substituents is 1. The lowest BCUT2D eigenvalue weighted by atomic mass is 10.1. The van der Waals surface area contributed by atoms with E-state index in [1.165, 1.54) is 6.07 Å². The molecule has 0 fully saturated rings. The fourth-order valence-corrected chi connectivity index (χ4v) is 2.05. The SMILES string of the molecule is COCc1ccccc1CNc1ccc([N+](=O)[O-])c(N)c1. The Morgan fingerprint density at radius 1 is 1.24 bits per heavy atom. The molecule has 6 heteroatoms. The minimum atomic E-state index is -0.493. The zero-order valence-corrected chi connectivity index (χ0v) is 11.7. The second-order valence-corrected chi connectivity index (χ2v) is 4.59. The summed E-state index contributed by atoms with van der Waals surface area (Å²) in [5.41, 5.74) is 8.68. The molecular formula is C15H17N3O3. The van der Waals surface area contributed by atoms with Gasteiger partial charge < -0.3 is 15.8 Å². The topological polar surface area (TPSA) is 90.4 Å². The van der Waals surface area contributed by atoms with Gasteiger partial charge in [-0.15, -0.1) is 0 Å². The third kappa shape index (κ3) is 3.70. The minimum absolute atomic E-state index is 0.0830. The standard InChI is InChI=1S/C15H17N3O3/c1-21-10-12-5-3-2-4-11(12)9-17-13-6-7-15(18(19)20)14(16)8-13/h2-8,17H,9-10,16H2,1H3. The molecule has 0 heterocycles. The van der Waals surface area contributed by atoms with Gasteiger partial charge in [-0.1, -0.05) is 24.3 Å². The molecule has 2 rings (SSSR count). The van der Waals surface area contributed by atoms with E-state index in [1.54, 1.807) is 19.2 Å². The predicted octanol–water partition coefficient (Wildman–Crippen LogP) is 2.94. The molecule has 0 aromatic heterocycles. The lowest BCUT2D eigenvalue weighted by molar-refractivity contribution is -0.383. The van der Waals surface area contributed by atoms with Gasteiger partial charge in [-0.05, 0) is 23.3 Å². The van der Waals surface area contributed by atoms with Crippen LogP contribution < -0.4 is 11.1 Å². The summed E-state index contributed by atoms with van der Waals surface area (Å²) in [5, 5.41) is 13.9. The van der Waals surface area contributed by atoms with E-state index in [0.29, 0.717) is 13.2 Å². The van der Waals surface area contributed by atoms with Crippen molar-refractivity contribution >= 4 is 17.1 Å². The zero-order chi connectivity index (χ0) is 15.2. The molecule has 0 atom stereocenters. The van der Waals surface area contributed by atoms with Crippen molar-refractivity contribution in [1.82, 2.24) is 0 Å². The Morgan fingerprint density at radius 3 is 2.57 bits per heavy atom. The molecule has 0 aliphatic carbocycles. The van der Waals surface area contributed by atoms with Crippen LogP contribution in [-0.4, -0.2) is 12.0 Å². The summed E-state index contributed by atoms with van der Waals surface area (Å²) in [7, 11) is 1.65. The van der Waals surface area contributed by atoms with Crippen LogP contribution in [0.25, 0.3) is 0 Å². The average Bonchev–Trinajstić information content (AvgIpc) is 2.46. The molecule has 0 aliphatic rings. The highest BCUT2D eigenvalue weighted by Crippen LogP contribution is 2.25. The number of nitrogen functional groups attached to an aromatic ring is 1. The van der Waals surface area contributed by atoms with E-state index in [-0.39, 0.29) is 11.4 Å². The molecule has 0 amide bonds. The Balaban J connectivity index is 2.10. The van der Waals surface area contributed by atoms with Gasteiger partial charge >= 0.3 is 0 Å². The van der Waals surface area contributed by atoms with Crippen molar-refractivity contribution < 1.29 is 9.66 Å². The number of nitrogens with one attached hydrogen (secondary N) is 1. The lowest BCUT2D eigenvalue weighted by Gasteiger charge is -2.11. The number of ether oxygens (including phenoxy) is 1. The monoisotopic (exact) mass is 287 g/mol. The number of nitrogens with zero attached hydrogens (tertiary/aromatic N) is 1. The van der Waals surface area contributed by atoms with Crippen LogP contribution in [0.4, 0.5) is 17.1 Å². The van der Waals surface area contributed by atoms with Gasteiger partial charge in [0.15, 0.2) is 0 Å². The first kappa shape index (κ1) is 14.8. The number of hydrogen-bond donors (Lipinski definition) is 2. The Hall–Kier alpha value is -2.60. The first-order valence-electron chi connectivity index (χ1n) is 6.45. The smallest absolute Gasteiger partial charge is 0.292 e. The van der Waals surface area contributed by atoms with Gasteiger partial charge in [0.05, 0.1) is 11.5 Å². The van der Waals surface area contributed by atoms with Gasteiger partial charge in [-0.3, -0.25) is 10.1 Å². The van der Waals surface area contributed by atoms with Crippen molar-refractivity contribution in [2.75, 3.05) is 18.2 Å². The third-order valence-corrected chi connectivity index (χ3v) is 3.13. The Morgan fingerprint density at radius 2 is 1.95 bits per heavy atom. The van der Waals surface area contributed by atoms with Crippen molar-refractivity contribution in [2.45, 2.75) is 13.2 Å². The number of methoxy groups -OCH3 is 1. The van der Waals surface area contributed by atoms with Crippen LogP contribution in [-0.2, 0) is 17.9 Å². The zero-order valence-electron chi connectivity index (χ0n) is 11.7. The van der Waals surface area contributed by atoms with Crippen molar-refractivity contribution in [3.63, 3.8) is 0 Å². The van der Waals surface area contributed by atoms with Crippen molar-refractivity contribution in [2.24, 2.45) is 0 Å². The molecule has 0 aliphatic heterocycles. The third-order valence-electron chi connectivity index (χ3n) is 3.13. The predicted molar refractivity (Wildman–Crippen MR) is 82.0 cm³/mol. The quantitative estimate of drug-likeness (QED) is 0.484. The van der Waals surface area contributed by atoms with E-state index in [1.807, 2.05) is 24.3 Å². The molecule has 6 nitrogen and oxygen atoms in total. The van der Waals surface area contributed by atoms with Crippen LogP contribution >= 0.6 is 0 Å². The summed E-state index contributed by atoms with van der Waals surface area (Å²) < 4.78 is 5.16. The van der Waals surface area contributed by atoms with Gasteiger partial charge in [0.25, 0.3) is 5.69 Å². The molecule has 0 saturated heterocycles. The summed E-state index contributed by atoms with van der Waals surface area (Å²) >= 11 is 0. The molecule has 0 radical (unpaired) electrons. The summed E-state index contributed by atoms with van der Waals surface area (Å²) in [5.74, 6) is 0. The van der Waals surface area contributed by atoms with Gasteiger partial charge in [-0.2, -0.15) is 0 Å². The van der Waals surface area contributed by atoms with Crippen LogP contribution in [0.15, 0.2) is 42.5 Å². The van der Waals surface area contributed by atoms with E-state index in [2.05, 4.69) is 5.32 Å². The maximum absolute atomic E-state index is 10.7. The van der Waals surface area contributed by atoms with Gasteiger partial charge in [0.2, 0.25) is 0 Å². The van der Waals surface area contributed by atoms with E-state index in [0.717, 1.165) is 16.8 Å². The lowest BCUT2D eigenvalue weighted by Crippen LogP contribution is -2.04. The average molecular weight is 287 g/mol. The fraction of sp³-hybridized carbons (Fsp3) is 0.200. The van der Waals surface area contributed by atoms with Crippen LogP contribution in [0.2, 0.25) is 0 Å². The largest absolute Gasteiger partial charge is 0.393 e. The van der Waals surface area contributed by atoms with Crippen molar-refractivity contribution in [1.29, 1.82) is 0 Å². The normalized spacial score (nSPS) is 10.3. The van der Waals surface area contributed by atoms with Gasteiger partial charge in [0.1, 0.15) is 5.69 Å². The van der Waals surface area contributed by atoms with Crippen LogP contribution in [0, 0.1) is 10.1 Å². The van der Waals surface area contributed by atoms with Crippen molar-refractivity contribution in [3.8, 4) is 0 Å². The highest BCUT2D eigenvalue weighted by Gasteiger charge is 2.11. The molecule has 21 heavy (non-hydrogen) atoms. The molecule has 2 aromatic rings. The summed E-state index contributed by atoms with van der Waals surface area (Å²) in [4.78, 5) is 10.2. The van der Waals surface area contributed by atoms with E-state index < -0.39 is 4.92 Å². The van der Waals surface area contributed by atoms with Crippen LogP contribution in [0.3, 0.4) is 0 Å². The molecule has 0 saturated carbocycles. The molecule has 3 N–H and O–H groups in total. The maximum atomic E-state index is 10.7. The number of rotatable bonds is 6. The molecule has 0 unspecified atom stereocenters. The Bertz CT molecular complexity index is 644. The van der Waals surface area contributed by atoms with E-state index in [9.17, 15) is 10.1 Å². The van der Waals surface area contributed by atoms with Crippen LogP contribution in [0.1, 0.15) is 11.1 Å². The van der Waals surface area contributed by atoms with Gasteiger partial charge in [-0.25, -0.2) is 0 Å². The molecular weight excluding hydrogens is 270 g/mol. The number of anilines is 2. The molecule has 0 spiro atoms. The molecule has 0 bridgehead atoms.